The van der Waals surface area contributed by atoms with Gasteiger partial charge in [0, 0.05) is 42.8 Å². The van der Waals surface area contributed by atoms with Crippen LogP contribution in [0.3, 0.4) is 0 Å². The topological polar surface area (TPSA) is 15.7 Å². The Hall–Kier alpha value is -1.99. The average molecular weight is 538 g/mol. The summed E-state index contributed by atoms with van der Waals surface area (Å²) in [4.78, 5) is 5.04. The van der Waals surface area contributed by atoms with Crippen molar-refractivity contribution in [1.82, 2.24) is 9.80 Å². The number of piperazine rings is 1. The van der Waals surface area contributed by atoms with Crippen molar-refractivity contribution >= 4 is 28.7 Å². The fourth-order valence-electron chi connectivity index (χ4n) is 4.05. The van der Waals surface area contributed by atoms with E-state index in [9.17, 15) is 0 Å². The Balaban J connectivity index is 1.23. The molecular weight excluding hydrogens is 507 g/mol. The lowest BCUT2D eigenvalue weighted by Gasteiger charge is -2.34. The molecule has 1 aliphatic heterocycles. The standard InChI is InChI=1S/C28H31IN2O/c29-27-15-13-26(14-16-27)28(25-11-5-2-6-12-25)32-23-22-31-20-18-30(19-21-31)17-7-10-24-8-3-1-4-9-24/h1-16,28H,17-23H2/b10-7+. The van der Waals surface area contributed by atoms with E-state index >= 15 is 0 Å². The quantitative estimate of drug-likeness (QED) is 0.324. The molecule has 0 aromatic heterocycles. The maximum absolute atomic E-state index is 6.43. The number of benzene rings is 3. The fraction of sp³-hybridized carbons (Fsp3) is 0.286. The summed E-state index contributed by atoms with van der Waals surface area (Å²) < 4.78 is 7.67. The van der Waals surface area contributed by atoms with Gasteiger partial charge in [-0.15, -0.1) is 0 Å². The van der Waals surface area contributed by atoms with Gasteiger partial charge in [-0.2, -0.15) is 0 Å². The van der Waals surface area contributed by atoms with Crippen LogP contribution in [0.5, 0.6) is 0 Å². The lowest BCUT2D eigenvalue weighted by atomic mass is 10.0. The molecule has 1 unspecified atom stereocenters. The second kappa shape index (κ2) is 12.3. The second-order valence-corrected chi connectivity index (χ2v) is 9.41. The molecule has 1 atom stereocenters. The molecule has 3 nitrogen and oxygen atoms in total. The van der Waals surface area contributed by atoms with Gasteiger partial charge in [-0.25, -0.2) is 0 Å². The third-order valence-electron chi connectivity index (χ3n) is 5.91. The van der Waals surface area contributed by atoms with Gasteiger partial charge in [-0.1, -0.05) is 84.9 Å². The number of rotatable bonds is 9. The lowest BCUT2D eigenvalue weighted by Crippen LogP contribution is -2.47. The van der Waals surface area contributed by atoms with Crippen molar-refractivity contribution in [3.8, 4) is 0 Å². The minimum Gasteiger partial charge on any atom is -0.367 e. The van der Waals surface area contributed by atoms with Gasteiger partial charge in [-0.3, -0.25) is 9.80 Å². The summed E-state index contributed by atoms with van der Waals surface area (Å²) in [7, 11) is 0. The van der Waals surface area contributed by atoms with E-state index in [1.807, 2.05) is 0 Å². The first-order chi connectivity index (χ1) is 15.8. The third-order valence-corrected chi connectivity index (χ3v) is 6.62. The zero-order valence-corrected chi connectivity index (χ0v) is 20.6. The molecule has 0 amide bonds. The maximum Gasteiger partial charge on any atom is 0.108 e. The number of hydrogen-bond acceptors (Lipinski definition) is 3. The Morgan fingerprint density at radius 1 is 0.750 bits per heavy atom. The van der Waals surface area contributed by atoms with Crippen LogP contribution in [-0.2, 0) is 4.74 Å². The number of ether oxygens (including phenoxy) is 1. The van der Waals surface area contributed by atoms with Crippen LogP contribution >= 0.6 is 22.6 Å². The summed E-state index contributed by atoms with van der Waals surface area (Å²) in [6.07, 6.45) is 4.48. The van der Waals surface area contributed by atoms with Crippen molar-refractivity contribution in [3.63, 3.8) is 0 Å². The van der Waals surface area contributed by atoms with Crippen LogP contribution < -0.4 is 0 Å². The van der Waals surface area contributed by atoms with Crippen molar-refractivity contribution in [2.45, 2.75) is 6.10 Å². The van der Waals surface area contributed by atoms with E-state index in [0.717, 1.165) is 45.9 Å². The van der Waals surface area contributed by atoms with Crippen molar-refractivity contribution in [3.05, 3.63) is 111 Å². The van der Waals surface area contributed by atoms with E-state index in [1.165, 1.54) is 20.3 Å². The van der Waals surface area contributed by atoms with Gasteiger partial charge < -0.3 is 4.74 Å². The first-order valence-corrected chi connectivity index (χ1v) is 12.4. The van der Waals surface area contributed by atoms with Gasteiger partial charge in [0.15, 0.2) is 0 Å². The van der Waals surface area contributed by atoms with E-state index in [0.29, 0.717) is 0 Å². The molecule has 0 radical (unpaired) electrons. The first-order valence-electron chi connectivity index (χ1n) is 11.4. The zero-order chi connectivity index (χ0) is 22.0. The highest BCUT2D eigenvalue weighted by molar-refractivity contribution is 14.1. The average Bonchev–Trinajstić information content (AvgIpc) is 2.85. The Morgan fingerprint density at radius 2 is 1.34 bits per heavy atom. The molecule has 0 bridgehead atoms. The maximum atomic E-state index is 6.43. The number of hydrogen-bond donors (Lipinski definition) is 0. The molecule has 3 aromatic rings. The molecule has 32 heavy (non-hydrogen) atoms. The summed E-state index contributed by atoms with van der Waals surface area (Å²) >= 11 is 2.35. The number of halogens is 1. The summed E-state index contributed by atoms with van der Waals surface area (Å²) in [5.41, 5.74) is 3.69. The van der Waals surface area contributed by atoms with Crippen LogP contribution in [0.1, 0.15) is 22.8 Å². The summed E-state index contributed by atoms with van der Waals surface area (Å²) in [6, 6.07) is 29.7. The minimum absolute atomic E-state index is 0.0161. The van der Waals surface area contributed by atoms with E-state index in [4.69, 9.17) is 4.74 Å². The van der Waals surface area contributed by atoms with Crippen LogP contribution in [0.25, 0.3) is 6.08 Å². The van der Waals surface area contributed by atoms with E-state index in [-0.39, 0.29) is 6.10 Å². The molecule has 0 saturated carbocycles. The summed E-state index contributed by atoms with van der Waals surface area (Å²) in [6.45, 7) is 7.14. The van der Waals surface area contributed by atoms with Crippen molar-refractivity contribution in [1.29, 1.82) is 0 Å². The second-order valence-electron chi connectivity index (χ2n) is 8.17. The summed E-state index contributed by atoms with van der Waals surface area (Å²) in [5, 5.41) is 0. The summed E-state index contributed by atoms with van der Waals surface area (Å²) in [5.74, 6) is 0. The first kappa shape index (κ1) is 23.2. The van der Waals surface area contributed by atoms with Crippen LogP contribution in [0.15, 0.2) is 91.0 Å². The normalized spacial score (nSPS) is 16.4. The van der Waals surface area contributed by atoms with E-state index in [1.54, 1.807) is 0 Å². The molecule has 4 heteroatoms. The Bertz CT molecular complexity index is 952. The molecule has 1 heterocycles. The molecule has 1 saturated heterocycles. The van der Waals surface area contributed by atoms with E-state index < -0.39 is 0 Å². The number of nitrogens with zero attached hydrogens (tertiary/aromatic N) is 2. The van der Waals surface area contributed by atoms with Crippen molar-refractivity contribution in [2.24, 2.45) is 0 Å². The molecular formula is C28H31IN2O. The Morgan fingerprint density at radius 3 is 2.03 bits per heavy atom. The van der Waals surface area contributed by atoms with Crippen LogP contribution in [0, 0.1) is 3.57 Å². The van der Waals surface area contributed by atoms with Gasteiger partial charge in [0.05, 0.1) is 6.61 Å². The molecule has 166 valence electrons. The molecule has 0 spiro atoms. The van der Waals surface area contributed by atoms with Gasteiger partial charge >= 0.3 is 0 Å². The lowest BCUT2D eigenvalue weighted by molar-refractivity contribution is 0.0468. The van der Waals surface area contributed by atoms with Gasteiger partial charge in [0.2, 0.25) is 0 Å². The molecule has 1 fully saturated rings. The van der Waals surface area contributed by atoms with Gasteiger partial charge in [-0.05, 0) is 51.4 Å². The molecule has 0 N–H and O–H groups in total. The van der Waals surface area contributed by atoms with Crippen molar-refractivity contribution < 1.29 is 4.74 Å². The predicted molar refractivity (Wildman–Crippen MR) is 142 cm³/mol. The predicted octanol–water partition coefficient (Wildman–Crippen LogP) is 5.73. The zero-order valence-electron chi connectivity index (χ0n) is 18.4. The highest BCUT2D eigenvalue weighted by atomic mass is 127. The van der Waals surface area contributed by atoms with Gasteiger partial charge in [0.1, 0.15) is 6.10 Å². The SMILES string of the molecule is Ic1ccc(C(OCCN2CCN(C/C=C/c3ccccc3)CC2)c2ccccc2)cc1. The highest BCUT2D eigenvalue weighted by Crippen LogP contribution is 2.26. The molecule has 4 rings (SSSR count). The monoisotopic (exact) mass is 538 g/mol. The van der Waals surface area contributed by atoms with E-state index in [2.05, 4.69) is 129 Å². The fourth-order valence-corrected chi connectivity index (χ4v) is 4.41. The minimum atomic E-state index is -0.0161. The Kier molecular flexibility index (Phi) is 8.91. The smallest absolute Gasteiger partial charge is 0.108 e. The van der Waals surface area contributed by atoms with Crippen LogP contribution in [0.4, 0.5) is 0 Å². The van der Waals surface area contributed by atoms with Crippen molar-refractivity contribution in [2.75, 3.05) is 45.9 Å². The Labute approximate surface area is 205 Å². The highest BCUT2D eigenvalue weighted by Gasteiger charge is 2.18. The third kappa shape index (κ3) is 7.01. The van der Waals surface area contributed by atoms with Gasteiger partial charge in [0.25, 0.3) is 0 Å². The largest absolute Gasteiger partial charge is 0.367 e. The molecule has 3 aromatic carbocycles. The molecule has 0 aliphatic carbocycles. The van der Waals surface area contributed by atoms with Crippen LogP contribution in [0.2, 0.25) is 0 Å². The van der Waals surface area contributed by atoms with Crippen LogP contribution in [-0.4, -0.2) is 55.7 Å². The molecule has 1 aliphatic rings.